The second kappa shape index (κ2) is 6.80. The van der Waals surface area contributed by atoms with E-state index < -0.39 is 0 Å². The summed E-state index contributed by atoms with van der Waals surface area (Å²) in [4.78, 5) is 15.5. The normalized spacial score (nSPS) is 10.3. The molecule has 0 aliphatic carbocycles. The van der Waals surface area contributed by atoms with E-state index in [1.54, 1.807) is 11.3 Å². The Morgan fingerprint density at radius 2 is 2.47 bits per heavy atom. The van der Waals surface area contributed by atoms with Gasteiger partial charge in [0.25, 0.3) is 0 Å². The largest absolute Gasteiger partial charge is 0.356 e. The van der Waals surface area contributed by atoms with Crippen LogP contribution < -0.4 is 5.32 Å². The topological polar surface area (TPSA) is 42.0 Å². The van der Waals surface area contributed by atoms with Crippen molar-refractivity contribution in [1.82, 2.24) is 10.3 Å². The van der Waals surface area contributed by atoms with E-state index in [0.29, 0.717) is 18.8 Å². The number of alkyl halides is 1. The maximum atomic E-state index is 11.2. The molecule has 0 aliphatic rings. The van der Waals surface area contributed by atoms with Crippen LogP contribution in [0.4, 0.5) is 0 Å². The summed E-state index contributed by atoms with van der Waals surface area (Å²) in [5.41, 5.74) is 1.05. The lowest BCUT2D eigenvalue weighted by molar-refractivity contribution is -0.121. The Bertz CT molecular complexity index is 314. The molecule has 84 valence electrons. The molecule has 0 aliphatic heterocycles. The van der Waals surface area contributed by atoms with Crippen molar-refractivity contribution in [2.24, 2.45) is 0 Å². The number of hydrogen-bond acceptors (Lipinski definition) is 3. The monoisotopic (exact) mass is 246 g/mol. The Morgan fingerprint density at radius 1 is 1.67 bits per heavy atom. The fraction of sp³-hybridized carbons (Fsp3) is 0.600. The number of rotatable bonds is 6. The summed E-state index contributed by atoms with van der Waals surface area (Å²) in [6, 6.07) is 0. The number of amides is 1. The summed E-state index contributed by atoms with van der Waals surface area (Å²) in [6.45, 7) is 2.64. The molecule has 5 heteroatoms. The first-order chi connectivity index (χ1) is 7.22. The van der Waals surface area contributed by atoms with Crippen LogP contribution in [-0.4, -0.2) is 23.3 Å². The zero-order chi connectivity index (χ0) is 11.1. The highest BCUT2D eigenvalue weighted by atomic mass is 35.5. The molecule has 1 N–H and O–H groups in total. The van der Waals surface area contributed by atoms with E-state index >= 15 is 0 Å². The Balaban J connectivity index is 2.13. The third-order valence-electron chi connectivity index (χ3n) is 1.91. The number of aromatic nitrogens is 1. The van der Waals surface area contributed by atoms with Crippen LogP contribution in [0.5, 0.6) is 0 Å². The fourth-order valence-electron chi connectivity index (χ4n) is 1.17. The van der Waals surface area contributed by atoms with Gasteiger partial charge in [-0.05, 0) is 13.3 Å². The van der Waals surface area contributed by atoms with Gasteiger partial charge in [-0.15, -0.1) is 22.9 Å². The molecular formula is C10H15ClN2OS. The fourth-order valence-corrected chi connectivity index (χ4v) is 1.95. The second-order valence-electron chi connectivity index (χ2n) is 3.25. The summed E-state index contributed by atoms with van der Waals surface area (Å²) in [7, 11) is 0. The molecule has 0 fully saturated rings. The van der Waals surface area contributed by atoms with Gasteiger partial charge in [0.05, 0.1) is 10.7 Å². The van der Waals surface area contributed by atoms with E-state index in [1.165, 1.54) is 0 Å². The van der Waals surface area contributed by atoms with E-state index in [-0.39, 0.29) is 5.91 Å². The van der Waals surface area contributed by atoms with E-state index in [1.807, 2.05) is 12.3 Å². The van der Waals surface area contributed by atoms with Gasteiger partial charge < -0.3 is 5.32 Å². The minimum absolute atomic E-state index is 0.0719. The van der Waals surface area contributed by atoms with Crippen molar-refractivity contribution >= 4 is 28.8 Å². The van der Waals surface area contributed by atoms with Crippen LogP contribution in [0.3, 0.4) is 0 Å². The third kappa shape index (κ3) is 5.14. The molecule has 0 unspecified atom stereocenters. The van der Waals surface area contributed by atoms with Gasteiger partial charge in [0, 0.05) is 30.6 Å². The standard InChI is InChI=1S/C10H15ClN2OS/c1-8-13-9(7-15-8)4-6-12-10(14)3-2-5-11/h7H,2-6H2,1H3,(H,12,14). The molecule has 1 aromatic heterocycles. The van der Waals surface area contributed by atoms with Crippen LogP contribution in [0, 0.1) is 6.92 Å². The minimum atomic E-state index is 0.0719. The van der Waals surface area contributed by atoms with Crippen molar-refractivity contribution in [2.75, 3.05) is 12.4 Å². The number of halogens is 1. The van der Waals surface area contributed by atoms with E-state index in [0.717, 1.165) is 23.5 Å². The smallest absolute Gasteiger partial charge is 0.220 e. The summed E-state index contributed by atoms with van der Waals surface area (Å²) in [5.74, 6) is 0.612. The van der Waals surface area contributed by atoms with Gasteiger partial charge in [-0.3, -0.25) is 4.79 Å². The number of hydrogen-bond donors (Lipinski definition) is 1. The molecule has 1 rings (SSSR count). The molecule has 0 radical (unpaired) electrons. The van der Waals surface area contributed by atoms with Crippen LogP contribution in [0.2, 0.25) is 0 Å². The Hall–Kier alpha value is -0.610. The van der Waals surface area contributed by atoms with Gasteiger partial charge in [-0.25, -0.2) is 4.98 Å². The van der Waals surface area contributed by atoms with Crippen molar-refractivity contribution in [3.05, 3.63) is 16.1 Å². The lowest BCUT2D eigenvalue weighted by atomic mass is 10.3. The Kier molecular flexibility index (Phi) is 5.65. The highest BCUT2D eigenvalue weighted by molar-refractivity contribution is 7.09. The predicted octanol–water partition coefficient (Wildman–Crippen LogP) is 2.13. The molecule has 3 nitrogen and oxygen atoms in total. The molecule has 0 aromatic carbocycles. The summed E-state index contributed by atoms with van der Waals surface area (Å²) in [6.07, 6.45) is 2.06. The second-order valence-corrected chi connectivity index (χ2v) is 4.69. The summed E-state index contributed by atoms with van der Waals surface area (Å²) < 4.78 is 0. The van der Waals surface area contributed by atoms with Crippen LogP contribution in [-0.2, 0) is 11.2 Å². The average Bonchev–Trinajstić information content (AvgIpc) is 2.61. The van der Waals surface area contributed by atoms with Gasteiger partial charge in [-0.2, -0.15) is 0 Å². The third-order valence-corrected chi connectivity index (χ3v) is 3.00. The quantitative estimate of drug-likeness (QED) is 0.782. The van der Waals surface area contributed by atoms with Gasteiger partial charge in [0.1, 0.15) is 0 Å². The molecule has 0 saturated carbocycles. The van der Waals surface area contributed by atoms with Crippen LogP contribution in [0.15, 0.2) is 5.38 Å². The Morgan fingerprint density at radius 3 is 3.07 bits per heavy atom. The summed E-state index contributed by atoms with van der Waals surface area (Å²) >= 11 is 7.13. The zero-order valence-electron chi connectivity index (χ0n) is 8.75. The van der Waals surface area contributed by atoms with E-state index in [4.69, 9.17) is 11.6 Å². The van der Waals surface area contributed by atoms with Crippen molar-refractivity contribution in [2.45, 2.75) is 26.2 Å². The molecule has 1 aromatic rings. The van der Waals surface area contributed by atoms with Crippen molar-refractivity contribution in [3.8, 4) is 0 Å². The molecule has 0 atom stereocenters. The number of nitrogens with zero attached hydrogens (tertiary/aromatic N) is 1. The maximum Gasteiger partial charge on any atom is 0.220 e. The van der Waals surface area contributed by atoms with Crippen molar-refractivity contribution < 1.29 is 4.79 Å². The zero-order valence-corrected chi connectivity index (χ0v) is 10.3. The van der Waals surface area contributed by atoms with E-state index in [9.17, 15) is 4.79 Å². The molecule has 15 heavy (non-hydrogen) atoms. The lowest BCUT2D eigenvalue weighted by Crippen LogP contribution is -2.25. The summed E-state index contributed by atoms with van der Waals surface area (Å²) in [5, 5.41) is 5.94. The molecule has 1 amide bonds. The SMILES string of the molecule is Cc1nc(CCNC(=O)CCCCl)cs1. The predicted molar refractivity (Wildman–Crippen MR) is 63.5 cm³/mol. The molecular weight excluding hydrogens is 232 g/mol. The van der Waals surface area contributed by atoms with Crippen molar-refractivity contribution in [3.63, 3.8) is 0 Å². The number of carbonyl (C=O) groups is 1. The Labute approximate surface area is 98.9 Å². The van der Waals surface area contributed by atoms with Crippen LogP contribution in [0.25, 0.3) is 0 Å². The van der Waals surface area contributed by atoms with Crippen LogP contribution in [0.1, 0.15) is 23.5 Å². The molecule has 0 saturated heterocycles. The first-order valence-electron chi connectivity index (χ1n) is 4.96. The van der Waals surface area contributed by atoms with Gasteiger partial charge in [0.15, 0.2) is 0 Å². The molecule has 0 spiro atoms. The van der Waals surface area contributed by atoms with Crippen molar-refractivity contribution in [1.29, 1.82) is 0 Å². The molecule has 1 heterocycles. The average molecular weight is 247 g/mol. The maximum absolute atomic E-state index is 11.2. The number of carbonyl (C=O) groups excluding carboxylic acids is 1. The van der Waals surface area contributed by atoms with Gasteiger partial charge in [0.2, 0.25) is 5.91 Å². The number of thiazole rings is 1. The first kappa shape index (κ1) is 12.5. The lowest BCUT2D eigenvalue weighted by Gasteiger charge is -2.02. The minimum Gasteiger partial charge on any atom is -0.356 e. The first-order valence-corrected chi connectivity index (χ1v) is 6.37. The number of aryl methyl sites for hydroxylation is 1. The number of nitrogens with one attached hydrogen (secondary N) is 1. The van der Waals surface area contributed by atoms with Crippen LogP contribution >= 0.6 is 22.9 Å². The van der Waals surface area contributed by atoms with Gasteiger partial charge in [-0.1, -0.05) is 0 Å². The highest BCUT2D eigenvalue weighted by Crippen LogP contribution is 2.07. The van der Waals surface area contributed by atoms with E-state index in [2.05, 4.69) is 10.3 Å². The van der Waals surface area contributed by atoms with Gasteiger partial charge >= 0.3 is 0 Å². The highest BCUT2D eigenvalue weighted by Gasteiger charge is 2.01. The molecule has 0 bridgehead atoms.